The summed E-state index contributed by atoms with van der Waals surface area (Å²) in [6.07, 6.45) is 1.03. The van der Waals surface area contributed by atoms with Gasteiger partial charge in [-0.1, -0.05) is 32.0 Å². The summed E-state index contributed by atoms with van der Waals surface area (Å²) in [6, 6.07) is 13.7. The molecule has 0 unspecified atom stereocenters. The number of benzene rings is 2. The molecule has 3 rings (SSSR count). The van der Waals surface area contributed by atoms with Gasteiger partial charge >= 0.3 is 0 Å². The Bertz CT molecular complexity index is 964. The minimum absolute atomic E-state index is 0.160. The van der Waals surface area contributed by atoms with E-state index in [1.54, 1.807) is 29.6 Å². The smallest absolute Gasteiger partial charge is 0.251 e. The first-order valence-electron chi connectivity index (χ1n) is 9.81. The van der Waals surface area contributed by atoms with Crippen molar-refractivity contribution in [3.8, 4) is 5.75 Å². The fourth-order valence-corrected chi connectivity index (χ4v) is 5.54. The van der Waals surface area contributed by atoms with Crippen molar-refractivity contribution in [1.29, 1.82) is 0 Å². The van der Waals surface area contributed by atoms with Crippen LogP contribution in [-0.4, -0.2) is 38.8 Å². The molecule has 156 valence electrons. The van der Waals surface area contributed by atoms with Gasteiger partial charge in [0.05, 0.1) is 12.0 Å². The molecule has 0 spiro atoms. The van der Waals surface area contributed by atoms with E-state index in [9.17, 15) is 13.2 Å². The van der Waals surface area contributed by atoms with Crippen molar-refractivity contribution in [2.45, 2.75) is 31.7 Å². The molecular formula is C22H28N2O4S. The molecule has 0 aromatic heterocycles. The van der Waals surface area contributed by atoms with Crippen LogP contribution in [0.3, 0.4) is 0 Å². The van der Waals surface area contributed by atoms with Crippen LogP contribution in [0.2, 0.25) is 0 Å². The van der Waals surface area contributed by atoms with E-state index in [0.717, 1.165) is 17.7 Å². The molecule has 1 amide bonds. The summed E-state index contributed by atoms with van der Waals surface area (Å²) in [5.74, 6) is 1.05. The van der Waals surface area contributed by atoms with Crippen molar-refractivity contribution in [2.24, 2.45) is 11.8 Å². The van der Waals surface area contributed by atoms with E-state index in [4.69, 9.17) is 4.74 Å². The Hall–Kier alpha value is -2.38. The third-order valence-corrected chi connectivity index (χ3v) is 6.98. The Labute approximate surface area is 172 Å². The van der Waals surface area contributed by atoms with Crippen LogP contribution in [0.5, 0.6) is 5.75 Å². The summed E-state index contributed by atoms with van der Waals surface area (Å²) < 4.78 is 32.9. The van der Waals surface area contributed by atoms with Gasteiger partial charge in [0.1, 0.15) is 5.75 Å². The number of hydrogen-bond acceptors (Lipinski definition) is 4. The van der Waals surface area contributed by atoms with E-state index in [2.05, 4.69) is 19.2 Å². The zero-order valence-corrected chi connectivity index (χ0v) is 17.9. The maximum absolute atomic E-state index is 13.1. The van der Waals surface area contributed by atoms with Gasteiger partial charge in [-0.25, -0.2) is 8.42 Å². The first-order chi connectivity index (χ1) is 13.8. The lowest BCUT2D eigenvalue weighted by Crippen LogP contribution is -2.42. The quantitative estimate of drug-likeness (QED) is 0.784. The van der Waals surface area contributed by atoms with Gasteiger partial charge in [0.2, 0.25) is 10.0 Å². The molecule has 29 heavy (non-hydrogen) atoms. The van der Waals surface area contributed by atoms with Gasteiger partial charge in [0, 0.05) is 25.2 Å². The van der Waals surface area contributed by atoms with E-state index in [-0.39, 0.29) is 10.8 Å². The number of ether oxygens (including phenoxy) is 1. The predicted molar refractivity (Wildman–Crippen MR) is 112 cm³/mol. The standard InChI is InChI=1S/C22H28N2O4S/c1-16-10-17(2)15-24(14-16)29(26,27)21-9-5-7-19(12-21)22(25)23-13-18-6-4-8-20(11-18)28-3/h4-9,11-12,16-17H,10,13-15H2,1-3H3,(H,23,25)/t16-,17+. The molecule has 1 aliphatic rings. The number of carbonyl (C=O) groups is 1. The SMILES string of the molecule is COc1cccc(CNC(=O)c2cccc(S(=O)(=O)N3C[C@H](C)C[C@H](C)C3)c2)c1. The van der Waals surface area contributed by atoms with Crippen LogP contribution in [0.4, 0.5) is 0 Å². The van der Waals surface area contributed by atoms with Gasteiger partial charge < -0.3 is 10.1 Å². The highest BCUT2D eigenvalue weighted by Gasteiger charge is 2.31. The summed E-state index contributed by atoms with van der Waals surface area (Å²) in [5, 5.41) is 2.84. The molecule has 1 N–H and O–H groups in total. The number of piperidine rings is 1. The maximum Gasteiger partial charge on any atom is 0.251 e. The second-order valence-electron chi connectivity index (χ2n) is 7.83. The van der Waals surface area contributed by atoms with Gasteiger partial charge in [0.15, 0.2) is 0 Å². The fourth-order valence-electron chi connectivity index (χ4n) is 3.82. The minimum atomic E-state index is -3.62. The Morgan fingerprint density at radius 3 is 2.48 bits per heavy atom. The number of amides is 1. The molecule has 2 atom stereocenters. The second kappa shape index (κ2) is 8.97. The predicted octanol–water partition coefficient (Wildman–Crippen LogP) is 3.29. The van der Waals surface area contributed by atoms with Crippen molar-refractivity contribution in [2.75, 3.05) is 20.2 Å². The number of nitrogens with zero attached hydrogens (tertiary/aromatic N) is 1. The molecule has 2 aromatic carbocycles. The van der Waals surface area contributed by atoms with Crippen molar-refractivity contribution in [3.05, 3.63) is 59.7 Å². The number of nitrogens with one attached hydrogen (secondary N) is 1. The lowest BCUT2D eigenvalue weighted by molar-refractivity contribution is 0.0950. The normalized spacial score (nSPS) is 20.2. The average molecular weight is 417 g/mol. The number of carbonyl (C=O) groups excluding carboxylic acids is 1. The Kier molecular flexibility index (Phi) is 6.59. The molecule has 1 heterocycles. The summed E-state index contributed by atoms with van der Waals surface area (Å²) in [7, 11) is -2.03. The fraction of sp³-hybridized carbons (Fsp3) is 0.409. The van der Waals surface area contributed by atoms with Crippen LogP contribution < -0.4 is 10.1 Å². The zero-order chi connectivity index (χ0) is 21.0. The molecule has 2 aromatic rings. The molecular weight excluding hydrogens is 388 g/mol. The van der Waals surface area contributed by atoms with Gasteiger partial charge in [0.25, 0.3) is 5.91 Å². The summed E-state index contributed by atoms with van der Waals surface area (Å²) in [4.78, 5) is 12.7. The molecule has 0 radical (unpaired) electrons. The Balaban J connectivity index is 1.73. The highest BCUT2D eigenvalue weighted by atomic mass is 32.2. The van der Waals surface area contributed by atoms with E-state index >= 15 is 0 Å². The zero-order valence-electron chi connectivity index (χ0n) is 17.1. The van der Waals surface area contributed by atoms with Crippen LogP contribution in [0.15, 0.2) is 53.4 Å². The van der Waals surface area contributed by atoms with Gasteiger partial charge in [-0.05, 0) is 54.2 Å². The molecule has 0 aliphatic carbocycles. The molecule has 1 fully saturated rings. The molecule has 0 bridgehead atoms. The third kappa shape index (κ3) is 5.16. The first-order valence-corrected chi connectivity index (χ1v) is 11.2. The maximum atomic E-state index is 13.1. The van der Waals surface area contributed by atoms with Crippen molar-refractivity contribution in [3.63, 3.8) is 0 Å². The van der Waals surface area contributed by atoms with Crippen LogP contribution >= 0.6 is 0 Å². The molecule has 6 nitrogen and oxygen atoms in total. The summed E-state index contributed by atoms with van der Waals surface area (Å²) in [6.45, 7) is 5.49. The van der Waals surface area contributed by atoms with Gasteiger partial charge in [-0.3, -0.25) is 4.79 Å². The van der Waals surface area contributed by atoms with Gasteiger partial charge in [-0.15, -0.1) is 0 Å². The van der Waals surface area contributed by atoms with Crippen molar-refractivity contribution in [1.82, 2.24) is 9.62 Å². The largest absolute Gasteiger partial charge is 0.497 e. The highest BCUT2D eigenvalue weighted by molar-refractivity contribution is 7.89. The molecule has 7 heteroatoms. The minimum Gasteiger partial charge on any atom is -0.497 e. The van der Waals surface area contributed by atoms with Crippen LogP contribution in [0.1, 0.15) is 36.2 Å². The van der Waals surface area contributed by atoms with Crippen molar-refractivity contribution < 1.29 is 17.9 Å². The monoisotopic (exact) mass is 416 g/mol. The van der Waals surface area contributed by atoms with Crippen LogP contribution in [-0.2, 0) is 16.6 Å². The number of rotatable bonds is 6. The Morgan fingerprint density at radius 2 is 1.79 bits per heavy atom. The van der Waals surface area contributed by atoms with E-state index < -0.39 is 10.0 Å². The molecule has 1 aliphatic heterocycles. The van der Waals surface area contributed by atoms with E-state index in [0.29, 0.717) is 37.0 Å². The van der Waals surface area contributed by atoms with Gasteiger partial charge in [-0.2, -0.15) is 4.31 Å². The van der Waals surface area contributed by atoms with Crippen LogP contribution in [0.25, 0.3) is 0 Å². The topological polar surface area (TPSA) is 75.7 Å². The molecule has 1 saturated heterocycles. The first kappa shape index (κ1) is 21.3. The Morgan fingerprint density at radius 1 is 1.10 bits per heavy atom. The summed E-state index contributed by atoms with van der Waals surface area (Å²) in [5.41, 5.74) is 1.23. The van der Waals surface area contributed by atoms with E-state index in [1.165, 1.54) is 6.07 Å². The molecule has 0 saturated carbocycles. The average Bonchev–Trinajstić information content (AvgIpc) is 2.71. The highest BCUT2D eigenvalue weighted by Crippen LogP contribution is 2.27. The number of sulfonamides is 1. The van der Waals surface area contributed by atoms with Crippen LogP contribution in [0, 0.1) is 11.8 Å². The number of hydrogen-bond donors (Lipinski definition) is 1. The van der Waals surface area contributed by atoms with E-state index in [1.807, 2.05) is 24.3 Å². The third-order valence-electron chi connectivity index (χ3n) is 5.16. The lowest BCUT2D eigenvalue weighted by Gasteiger charge is -2.34. The lowest BCUT2D eigenvalue weighted by atomic mass is 9.94. The van der Waals surface area contributed by atoms with Crippen molar-refractivity contribution >= 4 is 15.9 Å². The number of methoxy groups -OCH3 is 1. The summed E-state index contributed by atoms with van der Waals surface area (Å²) >= 11 is 0. The second-order valence-corrected chi connectivity index (χ2v) is 9.77.